The quantitative estimate of drug-likeness (QED) is 0.497. The number of nitro groups is 1. The summed E-state index contributed by atoms with van der Waals surface area (Å²) in [6, 6.07) is 6.43. The molecule has 0 saturated heterocycles. The predicted molar refractivity (Wildman–Crippen MR) is 80.7 cm³/mol. The third-order valence-electron chi connectivity index (χ3n) is 3.11. The molecule has 0 radical (unpaired) electrons. The van der Waals surface area contributed by atoms with Crippen LogP contribution in [-0.4, -0.2) is 14.9 Å². The molecule has 0 aliphatic carbocycles. The maximum absolute atomic E-state index is 10.9. The van der Waals surface area contributed by atoms with Gasteiger partial charge in [0.1, 0.15) is 5.82 Å². The number of nitrogen functional groups attached to an aromatic ring is 1. The van der Waals surface area contributed by atoms with Crippen molar-refractivity contribution in [1.29, 1.82) is 0 Å². The molecule has 7 nitrogen and oxygen atoms in total. The van der Waals surface area contributed by atoms with Crippen LogP contribution < -0.4 is 11.3 Å². The number of nitrogens with zero attached hydrogens (tertiary/aromatic N) is 3. The Morgan fingerprint density at radius 3 is 2.71 bits per heavy atom. The second-order valence-electron chi connectivity index (χ2n) is 4.72. The first-order valence-corrected chi connectivity index (χ1v) is 6.65. The summed E-state index contributed by atoms with van der Waals surface area (Å²) in [5, 5.41) is 10.9. The van der Waals surface area contributed by atoms with Crippen molar-refractivity contribution in [3.05, 3.63) is 45.6 Å². The highest BCUT2D eigenvalue weighted by atomic mass is 16.6. The standard InChI is InChI=1S/C14H17N5O2/c1-3-4-10-7-13(18-15)17-14(16-10)12-8-11(19(20)21)6-5-9(12)2/h5-8H,3-4,15H2,1-2H3,(H,16,17,18). The van der Waals surface area contributed by atoms with Crippen molar-refractivity contribution < 1.29 is 4.92 Å². The number of nitro benzene ring substituents is 1. The lowest BCUT2D eigenvalue weighted by atomic mass is 10.1. The van der Waals surface area contributed by atoms with Gasteiger partial charge in [-0.1, -0.05) is 19.4 Å². The fourth-order valence-corrected chi connectivity index (χ4v) is 2.04. The van der Waals surface area contributed by atoms with Gasteiger partial charge >= 0.3 is 0 Å². The molecular weight excluding hydrogens is 270 g/mol. The minimum Gasteiger partial charge on any atom is -0.308 e. The van der Waals surface area contributed by atoms with Crippen LogP contribution in [0.25, 0.3) is 11.4 Å². The Kier molecular flexibility index (Phi) is 4.44. The number of rotatable bonds is 5. The fraction of sp³-hybridized carbons (Fsp3) is 0.286. The number of nitrogens with two attached hydrogens (primary N) is 1. The average molecular weight is 287 g/mol. The first-order valence-electron chi connectivity index (χ1n) is 6.65. The van der Waals surface area contributed by atoms with Crippen molar-refractivity contribution in [3.63, 3.8) is 0 Å². The third kappa shape index (κ3) is 3.32. The summed E-state index contributed by atoms with van der Waals surface area (Å²) in [5.41, 5.74) is 4.88. The molecular formula is C14H17N5O2. The van der Waals surface area contributed by atoms with Gasteiger partial charge in [-0.15, -0.1) is 0 Å². The van der Waals surface area contributed by atoms with E-state index in [1.807, 2.05) is 6.92 Å². The molecule has 21 heavy (non-hydrogen) atoms. The number of hydrazine groups is 1. The van der Waals surface area contributed by atoms with E-state index in [4.69, 9.17) is 5.84 Å². The molecule has 3 N–H and O–H groups in total. The van der Waals surface area contributed by atoms with Gasteiger partial charge in [0, 0.05) is 29.5 Å². The monoisotopic (exact) mass is 287 g/mol. The van der Waals surface area contributed by atoms with Gasteiger partial charge in [-0.05, 0) is 18.9 Å². The Morgan fingerprint density at radius 2 is 2.10 bits per heavy atom. The Morgan fingerprint density at radius 1 is 1.33 bits per heavy atom. The van der Waals surface area contributed by atoms with Crippen molar-refractivity contribution in [3.8, 4) is 11.4 Å². The van der Waals surface area contributed by atoms with Gasteiger partial charge in [0.05, 0.1) is 4.92 Å². The molecule has 1 aromatic carbocycles. The molecule has 0 aliphatic heterocycles. The molecule has 0 unspecified atom stereocenters. The van der Waals surface area contributed by atoms with Gasteiger partial charge in [0.15, 0.2) is 5.82 Å². The van der Waals surface area contributed by atoms with Crippen molar-refractivity contribution in [1.82, 2.24) is 9.97 Å². The summed E-state index contributed by atoms with van der Waals surface area (Å²) in [6.45, 7) is 3.92. The topological polar surface area (TPSA) is 107 Å². The summed E-state index contributed by atoms with van der Waals surface area (Å²) in [7, 11) is 0. The molecule has 0 aliphatic rings. The molecule has 0 atom stereocenters. The number of hydrogen-bond donors (Lipinski definition) is 2. The summed E-state index contributed by atoms with van der Waals surface area (Å²) in [5.74, 6) is 6.36. The van der Waals surface area contributed by atoms with Crippen LogP contribution in [0.1, 0.15) is 24.6 Å². The first-order chi connectivity index (χ1) is 10.0. The Hall–Kier alpha value is -2.54. The van der Waals surface area contributed by atoms with Crippen molar-refractivity contribution in [2.75, 3.05) is 5.43 Å². The molecule has 110 valence electrons. The van der Waals surface area contributed by atoms with E-state index in [1.54, 1.807) is 12.1 Å². The highest BCUT2D eigenvalue weighted by molar-refractivity contribution is 5.65. The molecule has 0 bridgehead atoms. The molecule has 0 saturated carbocycles. The number of anilines is 1. The minimum absolute atomic E-state index is 0.0161. The van der Waals surface area contributed by atoms with E-state index in [-0.39, 0.29) is 5.69 Å². The third-order valence-corrected chi connectivity index (χ3v) is 3.11. The maximum atomic E-state index is 10.9. The summed E-state index contributed by atoms with van der Waals surface area (Å²) >= 11 is 0. The zero-order valence-corrected chi connectivity index (χ0v) is 12.0. The summed E-state index contributed by atoms with van der Waals surface area (Å²) < 4.78 is 0. The second-order valence-corrected chi connectivity index (χ2v) is 4.72. The number of aryl methyl sites for hydroxylation is 2. The number of hydrogen-bond acceptors (Lipinski definition) is 6. The summed E-state index contributed by atoms with van der Waals surface area (Å²) in [6.07, 6.45) is 1.73. The Balaban J connectivity index is 2.57. The normalized spacial score (nSPS) is 10.4. The van der Waals surface area contributed by atoms with Crippen LogP contribution in [-0.2, 0) is 6.42 Å². The maximum Gasteiger partial charge on any atom is 0.270 e. The minimum atomic E-state index is -0.430. The molecule has 1 aromatic heterocycles. The second kappa shape index (κ2) is 6.27. The van der Waals surface area contributed by atoms with Gasteiger partial charge in [0.25, 0.3) is 5.69 Å². The van der Waals surface area contributed by atoms with Gasteiger partial charge in [0.2, 0.25) is 0 Å². The van der Waals surface area contributed by atoms with Crippen molar-refractivity contribution in [2.24, 2.45) is 5.84 Å². The predicted octanol–water partition coefficient (Wildman–Crippen LogP) is 2.60. The lowest BCUT2D eigenvalue weighted by Gasteiger charge is -2.09. The Labute approximate surface area is 122 Å². The van der Waals surface area contributed by atoms with Crippen LogP contribution in [0.5, 0.6) is 0 Å². The largest absolute Gasteiger partial charge is 0.308 e. The number of aromatic nitrogens is 2. The van der Waals surface area contributed by atoms with E-state index in [0.717, 1.165) is 24.1 Å². The number of nitrogens with one attached hydrogen (secondary N) is 1. The lowest BCUT2D eigenvalue weighted by molar-refractivity contribution is -0.384. The van der Waals surface area contributed by atoms with Crippen LogP contribution >= 0.6 is 0 Å². The zero-order chi connectivity index (χ0) is 15.4. The van der Waals surface area contributed by atoms with Crippen LogP contribution in [0, 0.1) is 17.0 Å². The van der Waals surface area contributed by atoms with E-state index in [1.165, 1.54) is 12.1 Å². The van der Waals surface area contributed by atoms with Crippen LogP contribution in [0.15, 0.2) is 24.3 Å². The molecule has 0 spiro atoms. The molecule has 2 aromatic rings. The van der Waals surface area contributed by atoms with Gasteiger partial charge < -0.3 is 5.43 Å². The lowest BCUT2D eigenvalue weighted by Crippen LogP contribution is -2.11. The SMILES string of the molecule is CCCc1cc(NN)nc(-c2cc([N+](=O)[O-])ccc2C)n1. The van der Waals surface area contributed by atoms with Crippen molar-refractivity contribution in [2.45, 2.75) is 26.7 Å². The summed E-state index contributed by atoms with van der Waals surface area (Å²) in [4.78, 5) is 19.3. The Bertz CT molecular complexity index is 672. The molecule has 7 heteroatoms. The zero-order valence-electron chi connectivity index (χ0n) is 12.0. The fourth-order valence-electron chi connectivity index (χ4n) is 2.04. The van der Waals surface area contributed by atoms with E-state index in [9.17, 15) is 10.1 Å². The van der Waals surface area contributed by atoms with Gasteiger partial charge in [-0.3, -0.25) is 10.1 Å². The van der Waals surface area contributed by atoms with Crippen LogP contribution in [0.4, 0.5) is 11.5 Å². The smallest absolute Gasteiger partial charge is 0.270 e. The average Bonchev–Trinajstić information content (AvgIpc) is 2.47. The van der Waals surface area contributed by atoms with Crippen LogP contribution in [0.3, 0.4) is 0 Å². The highest BCUT2D eigenvalue weighted by Crippen LogP contribution is 2.26. The first kappa shape index (κ1) is 14.9. The molecule has 2 rings (SSSR count). The van der Waals surface area contributed by atoms with Gasteiger partial charge in [-0.25, -0.2) is 15.8 Å². The molecule has 1 heterocycles. The van der Waals surface area contributed by atoms with E-state index in [2.05, 4.69) is 22.3 Å². The van der Waals surface area contributed by atoms with E-state index < -0.39 is 4.92 Å². The van der Waals surface area contributed by atoms with Crippen LogP contribution in [0.2, 0.25) is 0 Å². The molecule has 0 amide bonds. The molecule has 0 fully saturated rings. The van der Waals surface area contributed by atoms with Crippen molar-refractivity contribution >= 4 is 11.5 Å². The number of non-ortho nitro benzene ring substituents is 1. The highest BCUT2D eigenvalue weighted by Gasteiger charge is 2.13. The van der Waals surface area contributed by atoms with E-state index in [0.29, 0.717) is 17.2 Å². The van der Waals surface area contributed by atoms with E-state index >= 15 is 0 Å². The number of benzene rings is 1. The van der Waals surface area contributed by atoms with Gasteiger partial charge in [-0.2, -0.15) is 0 Å².